The Morgan fingerprint density at radius 1 is 1.26 bits per heavy atom. The predicted octanol–water partition coefficient (Wildman–Crippen LogP) is 3.06. The number of para-hydroxylation sites is 1. The molecule has 1 fully saturated rings. The van der Waals surface area contributed by atoms with E-state index in [2.05, 4.69) is 42.8 Å². The van der Waals surface area contributed by atoms with Crippen molar-refractivity contribution in [2.75, 3.05) is 13.2 Å². The number of hydrogen-bond acceptors (Lipinski definition) is 3. The summed E-state index contributed by atoms with van der Waals surface area (Å²) in [4.78, 5) is 0. The largest absolute Gasteiger partial charge is 0.381 e. The lowest BCUT2D eigenvalue weighted by Gasteiger charge is -2.22. The smallest absolute Gasteiger partial charge is 0.148 e. The fourth-order valence-corrected chi connectivity index (χ4v) is 2.85. The van der Waals surface area contributed by atoms with Crippen molar-refractivity contribution in [3.05, 3.63) is 42.0 Å². The SMILES string of the molecule is BrCc1nnc(C2CCCOC2)n1-c1ccccc1. The van der Waals surface area contributed by atoms with Crippen LogP contribution in [-0.4, -0.2) is 28.0 Å². The number of ether oxygens (including phenoxy) is 1. The predicted molar refractivity (Wildman–Crippen MR) is 76.8 cm³/mol. The number of benzene rings is 1. The van der Waals surface area contributed by atoms with Gasteiger partial charge < -0.3 is 4.74 Å². The second-order valence-corrected chi connectivity index (χ2v) is 5.25. The van der Waals surface area contributed by atoms with E-state index in [-0.39, 0.29) is 0 Å². The minimum Gasteiger partial charge on any atom is -0.381 e. The van der Waals surface area contributed by atoms with Crippen LogP contribution in [0.3, 0.4) is 0 Å². The molecule has 1 aromatic heterocycles. The van der Waals surface area contributed by atoms with Crippen molar-refractivity contribution in [1.29, 1.82) is 0 Å². The Kier molecular flexibility index (Phi) is 3.94. The molecule has 0 spiro atoms. The molecule has 0 radical (unpaired) electrons. The van der Waals surface area contributed by atoms with E-state index in [1.54, 1.807) is 0 Å². The number of nitrogens with zero attached hydrogens (tertiary/aromatic N) is 3. The zero-order chi connectivity index (χ0) is 13.1. The number of halogens is 1. The van der Waals surface area contributed by atoms with E-state index in [0.29, 0.717) is 11.2 Å². The Morgan fingerprint density at radius 3 is 2.79 bits per heavy atom. The number of hydrogen-bond donors (Lipinski definition) is 0. The lowest BCUT2D eigenvalue weighted by molar-refractivity contribution is 0.0775. The maximum atomic E-state index is 5.58. The third kappa shape index (κ3) is 2.58. The van der Waals surface area contributed by atoms with Crippen molar-refractivity contribution in [2.24, 2.45) is 0 Å². The summed E-state index contributed by atoms with van der Waals surface area (Å²) in [5, 5.41) is 9.38. The summed E-state index contributed by atoms with van der Waals surface area (Å²) in [6.45, 7) is 1.61. The lowest BCUT2D eigenvalue weighted by Crippen LogP contribution is -2.19. The van der Waals surface area contributed by atoms with Crippen molar-refractivity contribution in [1.82, 2.24) is 14.8 Å². The zero-order valence-corrected chi connectivity index (χ0v) is 12.2. The van der Waals surface area contributed by atoms with Crippen LogP contribution in [0.15, 0.2) is 30.3 Å². The van der Waals surface area contributed by atoms with Gasteiger partial charge in [0.25, 0.3) is 0 Å². The minimum atomic E-state index is 0.342. The van der Waals surface area contributed by atoms with E-state index in [9.17, 15) is 0 Å². The Balaban J connectivity index is 2.03. The highest BCUT2D eigenvalue weighted by molar-refractivity contribution is 9.08. The molecule has 2 aromatic rings. The molecule has 19 heavy (non-hydrogen) atoms. The first kappa shape index (κ1) is 12.8. The first-order valence-electron chi connectivity index (χ1n) is 6.53. The van der Waals surface area contributed by atoms with Gasteiger partial charge in [0.2, 0.25) is 0 Å². The zero-order valence-electron chi connectivity index (χ0n) is 10.6. The van der Waals surface area contributed by atoms with Crippen LogP contribution in [0.25, 0.3) is 5.69 Å². The Morgan fingerprint density at radius 2 is 2.11 bits per heavy atom. The molecule has 1 saturated heterocycles. The first-order valence-corrected chi connectivity index (χ1v) is 7.65. The van der Waals surface area contributed by atoms with Gasteiger partial charge in [-0.1, -0.05) is 34.1 Å². The van der Waals surface area contributed by atoms with Gasteiger partial charge in [-0.05, 0) is 25.0 Å². The van der Waals surface area contributed by atoms with Gasteiger partial charge in [0, 0.05) is 18.2 Å². The summed E-state index contributed by atoms with van der Waals surface area (Å²) in [5.74, 6) is 2.29. The minimum absolute atomic E-state index is 0.342. The molecule has 4 nitrogen and oxygen atoms in total. The number of rotatable bonds is 3. The van der Waals surface area contributed by atoms with Gasteiger partial charge in [-0.15, -0.1) is 10.2 Å². The summed E-state index contributed by atoms with van der Waals surface area (Å²) in [6, 6.07) is 10.3. The molecule has 0 amide bonds. The molecule has 0 N–H and O–H groups in total. The molecule has 5 heteroatoms. The van der Waals surface area contributed by atoms with Crippen LogP contribution in [-0.2, 0) is 10.1 Å². The Hall–Kier alpha value is -1.20. The fourth-order valence-electron chi connectivity index (χ4n) is 2.48. The molecule has 1 aliphatic rings. The van der Waals surface area contributed by atoms with Gasteiger partial charge in [0.15, 0.2) is 0 Å². The Bertz CT molecular complexity index is 535. The first-order chi connectivity index (χ1) is 9.40. The van der Waals surface area contributed by atoms with Crippen LogP contribution >= 0.6 is 15.9 Å². The van der Waals surface area contributed by atoms with Crippen molar-refractivity contribution in [3.8, 4) is 5.69 Å². The van der Waals surface area contributed by atoms with Crippen LogP contribution in [0, 0.1) is 0 Å². The van der Waals surface area contributed by atoms with Crippen LogP contribution < -0.4 is 0 Å². The van der Waals surface area contributed by atoms with Gasteiger partial charge in [-0.25, -0.2) is 0 Å². The summed E-state index contributed by atoms with van der Waals surface area (Å²) in [5.41, 5.74) is 1.11. The fraction of sp³-hybridized carbons (Fsp3) is 0.429. The monoisotopic (exact) mass is 321 g/mol. The highest BCUT2D eigenvalue weighted by atomic mass is 79.9. The quantitative estimate of drug-likeness (QED) is 0.816. The summed E-state index contributed by atoms with van der Waals surface area (Å²) < 4.78 is 7.72. The topological polar surface area (TPSA) is 39.9 Å². The molecule has 1 aromatic carbocycles. The van der Waals surface area contributed by atoms with Gasteiger partial charge in [-0.2, -0.15) is 0 Å². The average molecular weight is 322 g/mol. The Labute approximate surface area is 120 Å². The maximum absolute atomic E-state index is 5.58. The molecule has 0 bridgehead atoms. The van der Waals surface area contributed by atoms with Crippen LogP contribution in [0.4, 0.5) is 0 Å². The summed E-state index contributed by atoms with van der Waals surface area (Å²) in [6.07, 6.45) is 2.21. The highest BCUT2D eigenvalue weighted by Gasteiger charge is 2.24. The van der Waals surface area contributed by atoms with E-state index >= 15 is 0 Å². The van der Waals surface area contributed by atoms with Crippen molar-refractivity contribution < 1.29 is 4.74 Å². The molecule has 1 unspecified atom stereocenters. The summed E-state index contributed by atoms with van der Waals surface area (Å²) >= 11 is 3.49. The maximum Gasteiger partial charge on any atom is 0.148 e. The van der Waals surface area contributed by atoms with Gasteiger partial charge in [0.05, 0.1) is 11.9 Å². The average Bonchev–Trinajstić information content (AvgIpc) is 2.93. The van der Waals surface area contributed by atoms with Crippen LogP contribution in [0.2, 0.25) is 0 Å². The number of alkyl halides is 1. The third-order valence-corrected chi connectivity index (χ3v) is 3.92. The molecular formula is C14H16BrN3O. The van der Waals surface area contributed by atoms with E-state index in [1.807, 2.05) is 18.2 Å². The van der Waals surface area contributed by atoms with Gasteiger partial charge in [-0.3, -0.25) is 4.57 Å². The molecule has 3 rings (SSSR count). The van der Waals surface area contributed by atoms with Gasteiger partial charge in [0.1, 0.15) is 11.6 Å². The highest BCUT2D eigenvalue weighted by Crippen LogP contribution is 2.27. The molecule has 100 valence electrons. The van der Waals surface area contributed by atoms with Crippen LogP contribution in [0.1, 0.15) is 30.4 Å². The molecule has 0 saturated carbocycles. The van der Waals surface area contributed by atoms with Crippen molar-refractivity contribution in [2.45, 2.75) is 24.1 Å². The standard InChI is InChI=1S/C14H16BrN3O/c15-9-13-16-17-14(11-5-4-8-19-10-11)18(13)12-6-2-1-3-7-12/h1-3,6-7,11H,4-5,8-10H2. The normalized spacial score (nSPS) is 19.5. The molecule has 2 heterocycles. The van der Waals surface area contributed by atoms with Gasteiger partial charge >= 0.3 is 0 Å². The number of aromatic nitrogens is 3. The second-order valence-electron chi connectivity index (χ2n) is 4.69. The molecule has 1 aliphatic heterocycles. The second kappa shape index (κ2) is 5.84. The van der Waals surface area contributed by atoms with E-state index in [4.69, 9.17) is 4.74 Å². The third-order valence-electron chi connectivity index (χ3n) is 3.41. The van der Waals surface area contributed by atoms with Crippen molar-refractivity contribution >= 4 is 15.9 Å². The van der Waals surface area contributed by atoms with E-state index in [0.717, 1.165) is 43.4 Å². The lowest BCUT2D eigenvalue weighted by atomic mass is 10.0. The van der Waals surface area contributed by atoms with E-state index < -0.39 is 0 Å². The molecule has 0 aliphatic carbocycles. The van der Waals surface area contributed by atoms with Crippen molar-refractivity contribution in [3.63, 3.8) is 0 Å². The summed E-state index contributed by atoms with van der Waals surface area (Å²) in [7, 11) is 0. The van der Waals surface area contributed by atoms with Crippen LogP contribution in [0.5, 0.6) is 0 Å². The molecule has 1 atom stereocenters. The molecular weight excluding hydrogens is 306 g/mol. The van der Waals surface area contributed by atoms with E-state index in [1.165, 1.54) is 0 Å².